The van der Waals surface area contributed by atoms with Crippen LogP contribution in [-0.4, -0.2) is 91.2 Å². The summed E-state index contributed by atoms with van der Waals surface area (Å²) < 4.78 is 0. The number of ketones is 3. The third-order valence-electron chi connectivity index (χ3n) is 7.79. The van der Waals surface area contributed by atoms with Crippen LogP contribution in [0.1, 0.15) is 117 Å². The van der Waals surface area contributed by atoms with E-state index < -0.39 is 65.9 Å². The van der Waals surface area contributed by atoms with Crippen molar-refractivity contribution < 1.29 is 63.2 Å². The Kier molecular flexibility index (Phi) is 21.4. The van der Waals surface area contributed by atoms with Gasteiger partial charge in [0.2, 0.25) is 5.78 Å². The minimum absolute atomic E-state index is 0. The maximum absolute atomic E-state index is 13.5. The van der Waals surface area contributed by atoms with Crippen LogP contribution in [-0.2, 0) is 14.4 Å². The van der Waals surface area contributed by atoms with Gasteiger partial charge < -0.3 is 48.8 Å². The third-order valence-corrected chi connectivity index (χ3v) is 7.79. The SMILES string of the molecule is CCCCCCCCCCCCCCCCC(C(=O)C(O)CO)(C(=O)C(C)(O)CO)C([NH3+])C(=O)C(C)(O)CO.[Cl-]. The van der Waals surface area contributed by atoms with Crippen LogP contribution in [0.15, 0.2) is 0 Å². The maximum Gasteiger partial charge on any atom is 0.224 e. The van der Waals surface area contributed by atoms with Gasteiger partial charge in [-0.25, -0.2) is 0 Å². The number of aliphatic hydroxyl groups excluding tert-OH is 4. The maximum atomic E-state index is 13.5. The monoisotopic (exact) mass is 597 g/mol. The van der Waals surface area contributed by atoms with Crippen molar-refractivity contribution in [3.63, 3.8) is 0 Å². The van der Waals surface area contributed by atoms with E-state index in [1.54, 1.807) is 0 Å². The average Bonchev–Trinajstić information content (AvgIpc) is 2.93. The molecule has 0 aromatic heterocycles. The minimum Gasteiger partial charge on any atom is -1.00 e. The molecule has 0 heterocycles. The first-order valence-corrected chi connectivity index (χ1v) is 14.7. The van der Waals surface area contributed by atoms with E-state index in [9.17, 15) is 45.0 Å². The lowest BCUT2D eigenvalue weighted by Gasteiger charge is -2.39. The highest BCUT2D eigenvalue weighted by molar-refractivity contribution is 6.16. The van der Waals surface area contributed by atoms with Crippen molar-refractivity contribution in [2.75, 3.05) is 19.8 Å². The fourth-order valence-corrected chi connectivity index (χ4v) is 5.06. The Balaban J connectivity index is 0. The number of aliphatic hydroxyl groups is 6. The van der Waals surface area contributed by atoms with Crippen molar-refractivity contribution in [1.82, 2.24) is 0 Å². The van der Waals surface area contributed by atoms with E-state index >= 15 is 0 Å². The molecular weight excluding hydrogens is 542 g/mol. The normalized spacial score (nSPS) is 17.6. The van der Waals surface area contributed by atoms with Gasteiger partial charge in [-0.15, -0.1) is 0 Å². The van der Waals surface area contributed by atoms with Crippen molar-refractivity contribution in [2.45, 2.75) is 140 Å². The average molecular weight is 598 g/mol. The number of rotatable bonds is 25. The number of hydrogen-bond acceptors (Lipinski definition) is 9. The van der Waals surface area contributed by atoms with E-state index in [0.717, 1.165) is 39.5 Å². The van der Waals surface area contributed by atoms with E-state index in [1.807, 2.05) is 0 Å². The summed E-state index contributed by atoms with van der Waals surface area (Å²) in [5, 5.41) is 59.7. The predicted octanol–water partition coefficient (Wildman–Crippen LogP) is -1.99. The molecule has 5 unspecified atom stereocenters. The highest BCUT2D eigenvalue weighted by atomic mass is 35.5. The molecule has 9 N–H and O–H groups in total. The van der Waals surface area contributed by atoms with E-state index in [0.29, 0.717) is 6.42 Å². The molecule has 0 saturated carbocycles. The molecule has 0 aromatic rings. The van der Waals surface area contributed by atoms with Gasteiger partial charge in [0.05, 0.1) is 19.8 Å². The molecule has 10 nitrogen and oxygen atoms in total. The van der Waals surface area contributed by atoms with Crippen LogP contribution < -0.4 is 18.1 Å². The van der Waals surface area contributed by atoms with Gasteiger partial charge in [0.15, 0.2) is 23.0 Å². The Bertz CT molecular complexity index is 732. The van der Waals surface area contributed by atoms with E-state index in [4.69, 9.17) is 0 Å². The Morgan fingerprint density at radius 1 is 0.675 bits per heavy atom. The van der Waals surface area contributed by atoms with Crippen LogP contribution in [0.2, 0.25) is 0 Å². The zero-order chi connectivity index (χ0) is 30.1. The first-order chi connectivity index (χ1) is 18.3. The van der Waals surface area contributed by atoms with Gasteiger partial charge in [-0.2, -0.15) is 0 Å². The quantitative estimate of drug-likeness (QED) is 0.0459. The largest absolute Gasteiger partial charge is 1.00 e. The van der Waals surface area contributed by atoms with Gasteiger partial charge in [-0.1, -0.05) is 96.8 Å². The second kappa shape index (κ2) is 20.8. The number of unbranched alkanes of at least 4 members (excludes halogenated alkanes) is 13. The third kappa shape index (κ3) is 12.5. The Morgan fingerprint density at radius 2 is 1.05 bits per heavy atom. The van der Waals surface area contributed by atoms with E-state index in [-0.39, 0.29) is 25.2 Å². The number of halogens is 1. The van der Waals surface area contributed by atoms with Crippen LogP contribution in [0.4, 0.5) is 0 Å². The fraction of sp³-hybridized carbons (Fsp3) is 0.897. The molecule has 0 spiro atoms. The first-order valence-electron chi connectivity index (χ1n) is 14.7. The predicted molar refractivity (Wildman–Crippen MR) is 148 cm³/mol. The van der Waals surface area contributed by atoms with Crippen molar-refractivity contribution in [3.8, 4) is 0 Å². The standard InChI is InChI=1S/C29H55NO9.ClH/c1-4-5-6-7-8-9-10-11-12-13-14-15-16-17-18-29(24(35)22(34)19-31,26(37)28(3,39)21-33)23(30)25(36)27(2,38)20-32;/h22-23,31-34,38-39H,4-21,30H2,1-3H3;1H. The Hall–Kier alpha value is -0.980. The number of carbonyl (C=O) groups excluding carboxylic acids is 3. The summed E-state index contributed by atoms with van der Waals surface area (Å²) in [6.07, 6.45) is 12.6. The fourth-order valence-electron chi connectivity index (χ4n) is 5.06. The van der Waals surface area contributed by atoms with Gasteiger partial charge in [0.1, 0.15) is 17.3 Å². The van der Waals surface area contributed by atoms with Crippen molar-refractivity contribution in [1.29, 1.82) is 0 Å². The second-order valence-electron chi connectivity index (χ2n) is 11.5. The first kappa shape index (κ1) is 41.2. The summed E-state index contributed by atoms with van der Waals surface area (Å²) in [6.45, 7) is 1.09. The number of carbonyl (C=O) groups is 3. The molecule has 0 saturated heterocycles. The molecule has 0 fully saturated rings. The molecule has 238 valence electrons. The molecular formula is C29H56ClNO9. The summed E-state index contributed by atoms with van der Waals surface area (Å²) in [5.74, 6) is -3.58. The van der Waals surface area contributed by atoms with Gasteiger partial charge in [0.25, 0.3) is 0 Å². The van der Waals surface area contributed by atoms with Gasteiger partial charge in [0, 0.05) is 0 Å². The molecule has 0 aliphatic rings. The van der Waals surface area contributed by atoms with Gasteiger partial charge >= 0.3 is 0 Å². The summed E-state index contributed by atoms with van der Waals surface area (Å²) >= 11 is 0. The molecule has 0 rings (SSSR count). The second-order valence-corrected chi connectivity index (χ2v) is 11.5. The molecule has 5 atom stereocenters. The number of quaternary nitrogens is 1. The van der Waals surface area contributed by atoms with Gasteiger partial charge in [-0.05, 0) is 20.3 Å². The van der Waals surface area contributed by atoms with E-state index in [1.165, 1.54) is 51.4 Å². The lowest BCUT2D eigenvalue weighted by molar-refractivity contribution is -0.424. The molecule has 0 aliphatic carbocycles. The molecule has 40 heavy (non-hydrogen) atoms. The molecule has 0 aliphatic heterocycles. The molecule has 0 amide bonds. The Labute approximate surface area is 246 Å². The molecule has 0 aromatic carbocycles. The highest BCUT2D eigenvalue weighted by Crippen LogP contribution is 2.37. The highest BCUT2D eigenvalue weighted by Gasteiger charge is 2.62. The van der Waals surface area contributed by atoms with Crippen LogP contribution in [0.25, 0.3) is 0 Å². The lowest BCUT2D eigenvalue weighted by atomic mass is 9.62. The van der Waals surface area contributed by atoms with Crippen LogP contribution in [0, 0.1) is 5.41 Å². The van der Waals surface area contributed by atoms with Crippen molar-refractivity contribution >= 4 is 17.3 Å². The summed E-state index contributed by atoms with van der Waals surface area (Å²) in [6, 6.07) is -1.80. The van der Waals surface area contributed by atoms with Crippen molar-refractivity contribution in [3.05, 3.63) is 0 Å². The van der Waals surface area contributed by atoms with Gasteiger partial charge in [-0.3, -0.25) is 14.4 Å². The number of Topliss-reactive ketones (excluding diaryl/α,β-unsaturated/α-hetero) is 3. The molecule has 0 bridgehead atoms. The summed E-state index contributed by atoms with van der Waals surface area (Å²) in [7, 11) is 0. The summed E-state index contributed by atoms with van der Waals surface area (Å²) in [4.78, 5) is 40.0. The Morgan fingerprint density at radius 3 is 1.40 bits per heavy atom. The topological polar surface area (TPSA) is 200 Å². The number of hydrogen-bond donors (Lipinski definition) is 7. The zero-order valence-electron chi connectivity index (χ0n) is 24.9. The minimum atomic E-state index is -2.46. The molecule has 11 heteroatoms. The zero-order valence-corrected chi connectivity index (χ0v) is 25.6. The van der Waals surface area contributed by atoms with Crippen LogP contribution in [0.5, 0.6) is 0 Å². The van der Waals surface area contributed by atoms with Crippen molar-refractivity contribution in [2.24, 2.45) is 5.41 Å². The summed E-state index contributed by atoms with van der Waals surface area (Å²) in [5.41, 5.74) is -3.56. The van der Waals surface area contributed by atoms with E-state index in [2.05, 4.69) is 12.7 Å². The molecule has 0 radical (unpaired) electrons. The lowest BCUT2D eigenvalue weighted by Crippen LogP contribution is -3.00. The van der Waals surface area contributed by atoms with Crippen LogP contribution >= 0.6 is 0 Å². The smallest absolute Gasteiger partial charge is 0.224 e. The van der Waals surface area contributed by atoms with Crippen LogP contribution in [0.3, 0.4) is 0 Å².